The molecule has 0 unspecified atom stereocenters. The van der Waals surface area contributed by atoms with Gasteiger partial charge in [-0.2, -0.15) is 0 Å². The molecule has 0 aliphatic rings. The van der Waals surface area contributed by atoms with Crippen molar-refractivity contribution in [2.75, 3.05) is 0 Å². The summed E-state index contributed by atoms with van der Waals surface area (Å²) in [5, 5.41) is 10.7. The molecule has 0 fully saturated rings. The van der Waals surface area contributed by atoms with E-state index < -0.39 is 5.97 Å². The van der Waals surface area contributed by atoms with E-state index in [1.807, 2.05) is 6.92 Å². The van der Waals surface area contributed by atoms with Crippen LogP contribution in [0.15, 0.2) is 10.2 Å². The third-order valence-electron chi connectivity index (χ3n) is 2.56. The van der Waals surface area contributed by atoms with E-state index in [-0.39, 0.29) is 16.5 Å². The van der Waals surface area contributed by atoms with Crippen molar-refractivity contribution >= 4 is 27.5 Å². The zero-order valence-electron chi connectivity index (χ0n) is 9.56. The quantitative estimate of drug-likeness (QED) is 0.905. The molecule has 17 heavy (non-hydrogen) atoms. The number of hydrogen-bond donors (Lipinski definition) is 1. The molecule has 5 nitrogen and oxygen atoms in total. The molecule has 0 radical (unpaired) electrons. The molecule has 0 aliphatic heterocycles. The molecule has 1 N–H and O–H groups in total. The van der Waals surface area contributed by atoms with Crippen molar-refractivity contribution in [3.8, 4) is 0 Å². The van der Waals surface area contributed by atoms with Gasteiger partial charge in [-0.05, 0) is 13.3 Å². The van der Waals surface area contributed by atoms with Gasteiger partial charge in [0.05, 0.1) is 10.9 Å². The van der Waals surface area contributed by atoms with Gasteiger partial charge in [0.2, 0.25) is 0 Å². The van der Waals surface area contributed by atoms with Crippen LogP contribution in [0.25, 0.3) is 10.2 Å². The normalized spacial score (nSPS) is 10.9. The molecule has 2 aromatic heterocycles. The number of thiophene rings is 1. The fraction of sp³-hybridized carbons (Fsp3) is 0.364. The fourth-order valence-corrected chi connectivity index (χ4v) is 2.72. The van der Waals surface area contributed by atoms with Crippen LogP contribution in [0.4, 0.5) is 0 Å². The Balaban J connectivity index is 2.83. The number of aromatic carboxylic acids is 1. The van der Waals surface area contributed by atoms with Gasteiger partial charge in [0.25, 0.3) is 5.56 Å². The Labute approximate surface area is 101 Å². The highest BCUT2D eigenvalue weighted by Gasteiger charge is 2.17. The van der Waals surface area contributed by atoms with E-state index in [1.54, 1.807) is 6.92 Å². The Bertz CT molecular complexity index is 642. The first-order chi connectivity index (χ1) is 8.06. The van der Waals surface area contributed by atoms with Crippen LogP contribution in [0, 0.1) is 6.92 Å². The fourth-order valence-electron chi connectivity index (χ4n) is 1.77. The summed E-state index contributed by atoms with van der Waals surface area (Å²) in [6, 6.07) is 0. The molecule has 0 amide bonds. The van der Waals surface area contributed by atoms with Crippen LogP contribution in [0.1, 0.15) is 29.5 Å². The number of carbonyl (C=O) groups is 1. The lowest BCUT2D eigenvalue weighted by Crippen LogP contribution is -2.24. The predicted octanol–water partition coefficient (Wildman–Crippen LogP) is 1.87. The smallest absolute Gasteiger partial charge is 0.337 e. The van der Waals surface area contributed by atoms with Crippen molar-refractivity contribution in [2.24, 2.45) is 0 Å². The van der Waals surface area contributed by atoms with Crippen molar-refractivity contribution in [1.29, 1.82) is 0 Å². The number of aryl methyl sites for hydroxylation is 1. The van der Waals surface area contributed by atoms with Gasteiger partial charge in [-0.25, -0.2) is 9.78 Å². The van der Waals surface area contributed by atoms with Gasteiger partial charge in [-0.15, -0.1) is 11.3 Å². The third kappa shape index (κ3) is 1.84. The van der Waals surface area contributed by atoms with E-state index in [9.17, 15) is 9.59 Å². The number of nitrogens with zero attached hydrogens (tertiary/aromatic N) is 2. The zero-order chi connectivity index (χ0) is 12.6. The van der Waals surface area contributed by atoms with Crippen LogP contribution in [0.5, 0.6) is 0 Å². The predicted molar refractivity (Wildman–Crippen MR) is 65.9 cm³/mol. The SMILES string of the molecule is CCCn1c(C)nc2scc(C(=O)O)c2c1=O. The molecule has 90 valence electrons. The van der Waals surface area contributed by atoms with Gasteiger partial charge in [-0.1, -0.05) is 6.92 Å². The molecule has 0 saturated heterocycles. The summed E-state index contributed by atoms with van der Waals surface area (Å²) in [7, 11) is 0. The number of hydrogen-bond acceptors (Lipinski definition) is 4. The van der Waals surface area contributed by atoms with Crippen LogP contribution in [-0.4, -0.2) is 20.6 Å². The van der Waals surface area contributed by atoms with Crippen LogP contribution in [0.2, 0.25) is 0 Å². The minimum atomic E-state index is -1.08. The lowest BCUT2D eigenvalue weighted by atomic mass is 10.2. The second-order valence-electron chi connectivity index (χ2n) is 3.75. The van der Waals surface area contributed by atoms with E-state index in [2.05, 4.69) is 4.98 Å². The molecule has 0 aliphatic carbocycles. The second-order valence-corrected chi connectivity index (χ2v) is 4.61. The summed E-state index contributed by atoms with van der Waals surface area (Å²) in [6.07, 6.45) is 0.806. The Morgan fingerprint density at radius 3 is 2.88 bits per heavy atom. The van der Waals surface area contributed by atoms with Crippen molar-refractivity contribution < 1.29 is 9.90 Å². The topological polar surface area (TPSA) is 72.2 Å². The average Bonchev–Trinajstić information content (AvgIpc) is 2.68. The molecule has 6 heteroatoms. The van der Waals surface area contributed by atoms with Crippen LogP contribution >= 0.6 is 11.3 Å². The van der Waals surface area contributed by atoms with E-state index in [4.69, 9.17) is 5.11 Å². The average molecular weight is 252 g/mol. The Kier molecular flexibility index (Phi) is 2.97. The molecule has 2 rings (SSSR count). The maximum Gasteiger partial charge on any atom is 0.337 e. The monoisotopic (exact) mass is 252 g/mol. The molecule has 0 saturated carbocycles. The van der Waals surface area contributed by atoms with Crippen molar-refractivity contribution in [2.45, 2.75) is 26.8 Å². The lowest BCUT2D eigenvalue weighted by molar-refractivity contribution is 0.0699. The van der Waals surface area contributed by atoms with Crippen LogP contribution in [0.3, 0.4) is 0 Å². The standard InChI is InChI=1S/C11H12N2O3S/c1-3-4-13-6(2)12-9-8(10(13)14)7(5-17-9)11(15)16/h5H,3-4H2,1-2H3,(H,15,16). The maximum atomic E-state index is 12.2. The van der Waals surface area contributed by atoms with E-state index in [0.29, 0.717) is 17.2 Å². The first-order valence-corrected chi connectivity index (χ1v) is 6.16. The number of fused-ring (bicyclic) bond motifs is 1. The number of rotatable bonds is 3. The van der Waals surface area contributed by atoms with E-state index in [0.717, 1.165) is 6.42 Å². The molecule has 0 aromatic carbocycles. The molecule has 0 spiro atoms. The van der Waals surface area contributed by atoms with Gasteiger partial charge in [0, 0.05) is 11.9 Å². The van der Waals surface area contributed by atoms with Crippen molar-refractivity contribution in [1.82, 2.24) is 9.55 Å². The third-order valence-corrected chi connectivity index (χ3v) is 3.43. The maximum absolute atomic E-state index is 12.2. The zero-order valence-corrected chi connectivity index (χ0v) is 10.4. The minimum absolute atomic E-state index is 0.0485. The first kappa shape index (κ1) is 11.8. The highest BCUT2D eigenvalue weighted by atomic mass is 32.1. The molecule has 2 heterocycles. The van der Waals surface area contributed by atoms with Gasteiger partial charge >= 0.3 is 5.97 Å². The Morgan fingerprint density at radius 2 is 2.29 bits per heavy atom. The highest BCUT2D eigenvalue weighted by Crippen LogP contribution is 2.21. The summed E-state index contributed by atoms with van der Waals surface area (Å²) >= 11 is 1.19. The molecule has 0 atom stereocenters. The Hall–Kier alpha value is -1.69. The van der Waals surface area contributed by atoms with Crippen molar-refractivity contribution in [3.63, 3.8) is 0 Å². The molecule has 0 bridgehead atoms. The van der Waals surface area contributed by atoms with Crippen molar-refractivity contribution in [3.05, 3.63) is 27.1 Å². The summed E-state index contributed by atoms with van der Waals surface area (Å²) in [5.41, 5.74) is -0.208. The van der Waals surface area contributed by atoms with Crippen LogP contribution in [-0.2, 0) is 6.54 Å². The van der Waals surface area contributed by atoms with Gasteiger partial charge < -0.3 is 5.11 Å². The van der Waals surface area contributed by atoms with Crippen LogP contribution < -0.4 is 5.56 Å². The summed E-state index contributed by atoms with van der Waals surface area (Å²) in [4.78, 5) is 28.0. The van der Waals surface area contributed by atoms with Gasteiger partial charge in [-0.3, -0.25) is 9.36 Å². The van der Waals surface area contributed by atoms with Gasteiger partial charge in [0.15, 0.2) is 0 Å². The van der Waals surface area contributed by atoms with E-state index in [1.165, 1.54) is 21.3 Å². The minimum Gasteiger partial charge on any atom is -0.478 e. The van der Waals surface area contributed by atoms with Gasteiger partial charge in [0.1, 0.15) is 10.7 Å². The summed E-state index contributed by atoms with van der Waals surface area (Å²) in [5.74, 6) is -0.454. The summed E-state index contributed by atoms with van der Waals surface area (Å²) < 4.78 is 1.53. The van der Waals surface area contributed by atoms with E-state index >= 15 is 0 Å². The molecular formula is C11H12N2O3S. The second kappa shape index (κ2) is 4.29. The molecule has 2 aromatic rings. The Morgan fingerprint density at radius 1 is 1.59 bits per heavy atom. The summed E-state index contributed by atoms with van der Waals surface area (Å²) in [6.45, 7) is 4.28. The lowest BCUT2D eigenvalue weighted by Gasteiger charge is -2.07. The highest BCUT2D eigenvalue weighted by molar-refractivity contribution is 7.17. The first-order valence-electron chi connectivity index (χ1n) is 5.28. The molecular weight excluding hydrogens is 240 g/mol. The number of carboxylic acid groups (broad SMARTS) is 1. The number of carboxylic acids is 1. The largest absolute Gasteiger partial charge is 0.478 e. The number of aromatic nitrogens is 2.